The number of carbonyl (C=O) groups is 2. The lowest BCUT2D eigenvalue weighted by molar-refractivity contribution is -0.409. The van der Waals surface area contributed by atoms with Crippen molar-refractivity contribution in [3.63, 3.8) is 0 Å². The van der Waals surface area contributed by atoms with E-state index in [2.05, 4.69) is 5.32 Å². The van der Waals surface area contributed by atoms with Crippen LogP contribution in [0.1, 0.15) is 13.8 Å². The lowest BCUT2D eigenvalue weighted by atomic mass is 9.93. The zero-order chi connectivity index (χ0) is 50.5. The molecule has 69 heavy (non-hydrogen) atoms. The molecule has 9 saturated heterocycles. The Morgan fingerprint density at radius 1 is 0.507 bits per heavy atom. The molecule has 0 radical (unpaired) electrons. The molecule has 0 unspecified atom stereocenters. The number of aliphatic hydroxyl groups is 15. The first-order chi connectivity index (χ1) is 32.6. The van der Waals surface area contributed by atoms with Crippen LogP contribution in [-0.2, 0) is 66.4 Å². The van der Waals surface area contributed by atoms with Gasteiger partial charge in [-0.1, -0.05) is 0 Å². The molecule has 398 valence electrons. The predicted octanol–water partition coefficient (Wildman–Crippen LogP) is -11.8. The number of aliphatic carboxylic acids is 1. The molecule has 0 aromatic heterocycles. The highest BCUT2D eigenvalue weighted by Gasteiger charge is 2.60. The van der Waals surface area contributed by atoms with Gasteiger partial charge in [-0.25, -0.2) is 4.79 Å². The molecule has 1 amide bonds. The van der Waals surface area contributed by atoms with Gasteiger partial charge in [0.2, 0.25) is 5.91 Å². The molecule has 0 spiro atoms. The maximum absolute atomic E-state index is 12.8. The van der Waals surface area contributed by atoms with Crippen LogP contribution in [0.2, 0.25) is 0 Å². The number of rotatable bonds is 11. The molecule has 9 heterocycles. The number of carbonyl (C=O) groups excluding carboxylic acids is 1. The first kappa shape index (κ1) is 54.6. The molecule has 0 aromatic rings. The van der Waals surface area contributed by atoms with Gasteiger partial charge in [0.05, 0.1) is 32.5 Å². The third-order valence-corrected chi connectivity index (χ3v) is 13.0. The van der Waals surface area contributed by atoms with Gasteiger partial charge in [-0.2, -0.15) is 0 Å². The summed E-state index contributed by atoms with van der Waals surface area (Å²) >= 11 is 0. The van der Waals surface area contributed by atoms with E-state index in [9.17, 15) is 91.3 Å². The molecule has 30 atom stereocenters. The van der Waals surface area contributed by atoms with Crippen LogP contribution in [0.25, 0.3) is 0 Å². The Hall–Kier alpha value is -2.14. The molecular formula is C38H61NO30. The van der Waals surface area contributed by atoms with Crippen LogP contribution >= 0.6 is 0 Å². The minimum atomic E-state index is -2.29. The van der Waals surface area contributed by atoms with Gasteiger partial charge in [-0.3, -0.25) is 4.79 Å². The number of ether oxygens (including phenoxy) is 12. The van der Waals surface area contributed by atoms with Crippen molar-refractivity contribution < 1.29 is 148 Å². The van der Waals surface area contributed by atoms with Crippen molar-refractivity contribution in [1.82, 2.24) is 5.32 Å². The monoisotopic (exact) mass is 1010 g/mol. The van der Waals surface area contributed by atoms with Crippen molar-refractivity contribution in [1.29, 1.82) is 0 Å². The summed E-state index contributed by atoms with van der Waals surface area (Å²) < 4.78 is 70.0. The van der Waals surface area contributed by atoms with Crippen LogP contribution in [0.4, 0.5) is 0 Å². The number of aliphatic hydroxyl groups excluding tert-OH is 15. The Balaban J connectivity index is 1.31. The Bertz CT molecular complexity index is 1710. The van der Waals surface area contributed by atoms with Crippen LogP contribution in [0.15, 0.2) is 0 Å². The average molecular weight is 1010 g/mol. The van der Waals surface area contributed by atoms with Gasteiger partial charge >= 0.3 is 5.97 Å². The molecule has 9 fully saturated rings. The van der Waals surface area contributed by atoms with Crippen LogP contribution in [-0.4, -0.2) is 304 Å². The summed E-state index contributed by atoms with van der Waals surface area (Å²) in [5.74, 6) is -2.73. The molecular weight excluding hydrogens is 950 g/mol. The van der Waals surface area contributed by atoms with Gasteiger partial charge in [0.15, 0.2) is 43.8 Å². The standard InChI is InChI=1S/C38H61NO30/c1-7-14(46)16(48)30(68-35-20(52)17(49)24(62-35)9(45)3-40)38(58-7)64-26-12(6-43)61-37-23(55)29(26)66-33-13(39-8(2)44)27(15(47)10(4-41)59-33)65-36-22(54)19(51)28(31(69-36)32(56)57)67-34-21(53)18(50)25(63-37)11(5-42)60-34/h7,9-31,33-38,40-43,45-55H,3-6H2,1-2H3,(H,39,44)(H,56,57)/t7-,9+,10+,11+,12+,13+,14-,15-,16+,17+,18+,19+,20+,21+,22+,23+,24-,25+,26-,27+,28-,29+,30+,31-,33-,34+,35+,36+,37-,38-/m0/s1. The fourth-order valence-corrected chi connectivity index (χ4v) is 9.23. The van der Waals surface area contributed by atoms with E-state index in [0.717, 1.165) is 6.92 Å². The summed E-state index contributed by atoms with van der Waals surface area (Å²) in [6.45, 7) is -1.84. The maximum atomic E-state index is 12.8. The van der Waals surface area contributed by atoms with Crippen molar-refractivity contribution in [3.8, 4) is 0 Å². The molecule has 17 N–H and O–H groups in total. The summed E-state index contributed by atoms with van der Waals surface area (Å²) in [6, 6.07) is -1.83. The Morgan fingerprint density at radius 3 is 1.65 bits per heavy atom. The van der Waals surface area contributed by atoms with E-state index in [0.29, 0.717) is 0 Å². The lowest BCUT2D eigenvalue weighted by Gasteiger charge is -2.52. The first-order valence-electron chi connectivity index (χ1n) is 21.9. The number of fused-ring (bicyclic) bond motifs is 2. The Morgan fingerprint density at radius 2 is 1.04 bits per heavy atom. The normalized spacial score (nSPS) is 52.2. The van der Waals surface area contributed by atoms with Gasteiger partial charge < -0.3 is 144 Å². The van der Waals surface area contributed by atoms with Gasteiger partial charge in [0.25, 0.3) is 0 Å². The zero-order valence-corrected chi connectivity index (χ0v) is 36.5. The second kappa shape index (κ2) is 22.5. The summed E-state index contributed by atoms with van der Waals surface area (Å²) in [5.41, 5.74) is 0. The fraction of sp³-hybridized carbons (Fsp3) is 0.947. The van der Waals surface area contributed by atoms with Crippen LogP contribution in [0, 0.1) is 0 Å². The Labute approximate surface area is 389 Å². The fourth-order valence-electron chi connectivity index (χ4n) is 9.23. The van der Waals surface area contributed by atoms with Crippen molar-refractivity contribution >= 4 is 11.9 Å². The molecule has 9 aliphatic heterocycles. The molecule has 8 bridgehead atoms. The highest BCUT2D eigenvalue weighted by atomic mass is 16.8. The second-order valence-electron chi connectivity index (χ2n) is 17.6. The molecule has 0 aliphatic carbocycles. The number of hydrogen-bond acceptors (Lipinski definition) is 29. The molecule has 0 aromatic carbocycles. The topological polar surface area (TPSA) is 481 Å². The largest absolute Gasteiger partial charge is 0.479 e. The quantitative estimate of drug-likeness (QED) is 0.0914. The van der Waals surface area contributed by atoms with Crippen LogP contribution in [0.5, 0.6) is 0 Å². The van der Waals surface area contributed by atoms with E-state index < -0.39 is 222 Å². The van der Waals surface area contributed by atoms with Crippen molar-refractivity contribution in [2.45, 2.75) is 198 Å². The van der Waals surface area contributed by atoms with Crippen molar-refractivity contribution in [3.05, 3.63) is 0 Å². The summed E-state index contributed by atoms with van der Waals surface area (Å²) in [7, 11) is 0. The summed E-state index contributed by atoms with van der Waals surface area (Å²) in [4.78, 5) is 25.4. The highest BCUT2D eigenvalue weighted by molar-refractivity contribution is 5.74. The molecule has 0 saturated carbocycles. The van der Waals surface area contributed by atoms with E-state index in [-0.39, 0.29) is 0 Å². The number of nitrogens with one attached hydrogen (secondary N) is 1. The summed E-state index contributed by atoms with van der Waals surface area (Å²) in [5, 5.41) is 176. The number of amides is 1. The van der Waals surface area contributed by atoms with E-state index in [1.807, 2.05) is 0 Å². The van der Waals surface area contributed by atoms with E-state index in [1.54, 1.807) is 0 Å². The number of hydrogen-bond donors (Lipinski definition) is 17. The third kappa shape index (κ3) is 10.8. The SMILES string of the molecule is CC(=O)N[C@H]1[C@@H]2O[C@@H]3[C@@H](O)[C@H](O[C@H]4[C@H](O)[C@@H](O)[C@@H](O[C@H]5[C@H](O)[C@@H](O)[C@H](O[C@H]1[C@@H](O)[C@@H](CO)O2)O[C@@H]5C(=O)O)O[C@@H]4CO)O[C@H](CO)[C@@H]3O[C@@H]1O[C@@H](C)[C@H](O)[C@@H](O)[C@H]1O[C@H]1O[C@@H]([C@H](O)CO)[C@H](O)[C@H]1O. The highest BCUT2D eigenvalue weighted by Crippen LogP contribution is 2.39. The smallest absolute Gasteiger partial charge is 0.335 e. The zero-order valence-electron chi connectivity index (χ0n) is 36.5. The first-order valence-corrected chi connectivity index (χ1v) is 21.9. The molecule has 31 heteroatoms. The molecule has 9 rings (SSSR count). The maximum Gasteiger partial charge on any atom is 0.335 e. The van der Waals surface area contributed by atoms with Gasteiger partial charge in [-0.05, 0) is 6.92 Å². The van der Waals surface area contributed by atoms with Gasteiger partial charge in [0, 0.05) is 6.92 Å². The minimum absolute atomic E-state index is 0.884. The van der Waals surface area contributed by atoms with E-state index >= 15 is 0 Å². The van der Waals surface area contributed by atoms with Gasteiger partial charge in [-0.15, -0.1) is 0 Å². The number of carboxylic acid groups (broad SMARTS) is 1. The minimum Gasteiger partial charge on any atom is -0.479 e. The van der Waals surface area contributed by atoms with Crippen LogP contribution in [0.3, 0.4) is 0 Å². The van der Waals surface area contributed by atoms with E-state index in [1.165, 1.54) is 6.92 Å². The van der Waals surface area contributed by atoms with Gasteiger partial charge in [0.1, 0.15) is 134 Å². The lowest BCUT2D eigenvalue weighted by Crippen LogP contribution is -2.71. The average Bonchev–Trinajstić information content (AvgIpc) is 3.59. The summed E-state index contributed by atoms with van der Waals surface area (Å²) in [6.07, 6.45) is -57.6. The number of carboxylic acids is 1. The second-order valence-corrected chi connectivity index (χ2v) is 17.6. The molecule has 31 nitrogen and oxygen atoms in total. The Kier molecular flexibility index (Phi) is 17.8. The van der Waals surface area contributed by atoms with Crippen molar-refractivity contribution in [2.75, 3.05) is 26.4 Å². The predicted molar refractivity (Wildman–Crippen MR) is 207 cm³/mol. The third-order valence-electron chi connectivity index (χ3n) is 13.0. The van der Waals surface area contributed by atoms with Crippen LogP contribution < -0.4 is 5.32 Å². The van der Waals surface area contributed by atoms with E-state index in [4.69, 9.17) is 56.8 Å². The molecule has 9 aliphatic rings. The van der Waals surface area contributed by atoms with Crippen molar-refractivity contribution in [2.24, 2.45) is 0 Å².